The van der Waals surface area contributed by atoms with Crippen molar-refractivity contribution in [3.8, 4) is 0 Å². The zero-order chi connectivity index (χ0) is 13.2. The second-order valence-electron chi connectivity index (χ2n) is 4.34. The van der Waals surface area contributed by atoms with Crippen molar-refractivity contribution in [3.63, 3.8) is 0 Å². The molecule has 5 heteroatoms. The van der Waals surface area contributed by atoms with Gasteiger partial charge in [0.2, 0.25) is 0 Å². The quantitative estimate of drug-likeness (QED) is 0.686. The summed E-state index contributed by atoms with van der Waals surface area (Å²) >= 11 is 0. The van der Waals surface area contributed by atoms with Crippen molar-refractivity contribution < 1.29 is 35.4 Å². The number of hydrogen-bond donors (Lipinski definition) is 2. The smallest absolute Gasteiger partial charge is 0 e. The summed E-state index contributed by atoms with van der Waals surface area (Å²) in [6.45, 7) is 8.40. The number of carboxylic acids is 1. The third-order valence-corrected chi connectivity index (χ3v) is 0.940. The van der Waals surface area contributed by atoms with Gasteiger partial charge in [-0.05, 0) is 27.7 Å². The molecule has 0 aliphatic heterocycles. The van der Waals surface area contributed by atoms with Gasteiger partial charge in [0.15, 0.2) is 0 Å². The number of benzene rings is 1. The van der Waals surface area contributed by atoms with Gasteiger partial charge >= 0.3 is 51.4 Å². The molecule has 0 aliphatic carbocycles. The number of carbonyl (C=O) groups is 1. The van der Waals surface area contributed by atoms with Crippen LogP contribution in [0.15, 0.2) is 30.3 Å². The van der Waals surface area contributed by atoms with Crippen molar-refractivity contribution >= 4 is 57.4 Å². The molecule has 0 heterocycles. The van der Waals surface area contributed by atoms with Crippen LogP contribution in [0.4, 0.5) is 0 Å². The monoisotopic (exact) mass is 372 g/mol. The van der Waals surface area contributed by atoms with Gasteiger partial charge in [-0.3, -0.25) is 4.79 Å². The van der Waals surface area contributed by atoms with Gasteiger partial charge < -0.3 is 10.2 Å². The van der Waals surface area contributed by atoms with E-state index in [4.69, 9.17) is 15.0 Å². The molecular weight excluding hydrogens is 350 g/mol. The molecule has 0 saturated carbocycles. The molecule has 3 nitrogen and oxygen atoms in total. The van der Waals surface area contributed by atoms with E-state index >= 15 is 0 Å². The molecule has 0 saturated heterocycles. The van der Waals surface area contributed by atoms with Crippen LogP contribution in [-0.4, -0.2) is 73.2 Å². The van der Waals surface area contributed by atoms with Gasteiger partial charge in [-0.2, -0.15) is 0 Å². The van der Waals surface area contributed by atoms with Gasteiger partial charge in [-0.25, -0.2) is 0 Å². The SMILES string of the molecule is CC(=O)O.CC(C)(C)O.Cc1ccccc1.[KH].[Pd]. The average molecular weight is 373 g/mol. The molecule has 0 aliphatic rings. The van der Waals surface area contributed by atoms with Gasteiger partial charge in [0.25, 0.3) is 5.97 Å². The third-order valence-electron chi connectivity index (χ3n) is 0.940. The van der Waals surface area contributed by atoms with Crippen molar-refractivity contribution in [2.24, 2.45) is 0 Å². The summed E-state index contributed by atoms with van der Waals surface area (Å²) in [7, 11) is 0. The summed E-state index contributed by atoms with van der Waals surface area (Å²) in [5.41, 5.74) is 0.822. The molecule has 0 amide bonds. The molecule has 1 rings (SSSR count). The predicted octanol–water partition coefficient (Wildman–Crippen LogP) is 2.21. The van der Waals surface area contributed by atoms with E-state index in [0.29, 0.717) is 0 Å². The maximum atomic E-state index is 9.00. The second kappa shape index (κ2) is 16.0. The van der Waals surface area contributed by atoms with E-state index in [-0.39, 0.29) is 71.8 Å². The summed E-state index contributed by atoms with van der Waals surface area (Å²) in [6, 6.07) is 10.3. The molecule has 2 N–H and O–H groups in total. The Bertz CT molecular complexity index is 274. The molecule has 104 valence electrons. The minimum Gasteiger partial charge on any atom is 0 e. The van der Waals surface area contributed by atoms with Crippen LogP contribution >= 0.6 is 0 Å². The summed E-state index contributed by atoms with van der Waals surface area (Å²) in [5.74, 6) is -0.833. The molecule has 0 atom stereocenters. The van der Waals surface area contributed by atoms with Gasteiger partial charge in [0.05, 0.1) is 5.60 Å². The molecule has 0 fully saturated rings. The Balaban J connectivity index is -0.0000000811. The summed E-state index contributed by atoms with van der Waals surface area (Å²) in [6.07, 6.45) is 0. The molecule has 0 radical (unpaired) electrons. The molecule has 0 spiro atoms. The molecule has 0 bridgehead atoms. The van der Waals surface area contributed by atoms with Crippen molar-refractivity contribution in [1.82, 2.24) is 0 Å². The maximum absolute atomic E-state index is 9.00. The molecule has 0 aromatic heterocycles. The van der Waals surface area contributed by atoms with Gasteiger partial charge in [-0.15, -0.1) is 0 Å². The van der Waals surface area contributed by atoms with Crippen LogP contribution in [-0.2, 0) is 25.2 Å². The van der Waals surface area contributed by atoms with E-state index < -0.39 is 11.6 Å². The third kappa shape index (κ3) is 53.8. The zero-order valence-corrected chi connectivity index (χ0v) is 12.6. The zero-order valence-electron chi connectivity index (χ0n) is 11.0. The number of rotatable bonds is 0. The predicted molar refractivity (Wildman–Crippen MR) is 73.6 cm³/mol. The molecular formula is C13H23KO3Pd. The maximum Gasteiger partial charge on any atom is 0 e. The van der Waals surface area contributed by atoms with Crippen LogP contribution in [0.2, 0.25) is 0 Å². The van der Waals surface area contributed by atoms with Crippen molar-refractivity contribution in [2.75, 3.05) is 0 Å². The standard InChI is InChI=1S/C7H8.C4H10O.C2H4O2.K.Pd.H/c1-7-5-3-2-4-6-7;1-4(2,3)5;1-2(3)4;;;/h2-6H,1H3;5H,1-3H3;1H3,(H,3,4);;;. The fraction of sp³-hybridized carbons (Fsp3) is 0.462. The van der Waals surface area contributed by atoms with Crippen LogP contribution < -0.4 is 0 Å². The Morgan fingerprint density at radius 1 is 1.11 bits per heavy atom. The molecule has 1 aromatic carbocycles. The number of aliphatic hydroxyl groups is 1. The molecule has 1 aromatic rings. The number of hydrogen-bond acceptors (Lipinski definition) is 2. The first-order chi connectivity index (χ1) is 7.13. The fourth-order valence-corrected chi connectivity index (χ4v) is 0.534. The Morgan fingerprint density at radius 3 is 1.44 bits per heavy atom. The molecule has 18 heavy (non-hydrogen) atoms. The van der Waals surface area contributed by atoms with Crippen LogP contribution in [0.3, 0.4) is 0 Å². The summed E-state index contributed by atoms with van der Waals surface area (Å²) < 4.78 is 0. The Kier molecular flexibility index (Phi) is 24.3. The Hall–Kier alpha value is 0.949. The number of aryl methyl sites for hydroxylation is 1. The normalized spacial score (nSPS) is 8.11. The van der Waals surface area contributed by atoms with Gasteiger partial charge in [0, 0.05) is 27.3 Å². The van der Waals surface area contributed by atoms with Crippen LogP contribution in [0.5, 0.6) is 0 Å². The van der Waals surface area contributed by atoms with Crippen LogP contribution in [0.25, 0.3) is 0 Å². The first-order valence-corrected chi connectivity index (χ1v) is 5.06. The van der Waals surface area contributed by atoms with E-state index in [0.717, 1.165) is 6.92 Å². The summed E-state index contributed by atoms with van der Waals surface area (Å²) in [5, 5.41) is 15.9. The first-order valence-electron chi connectivity index (χ1n) is 5.06. The number of aliphatic carboxylic acids is 1. The molecule has 0 unspecified atom stereocenters. The number of carboxylic acid groups (broad SMARTS) is 1. The van der Waals surface area contributed by atoms with Crippen molar-refractivity contribution in [2.45, 2.75) is 40.2 Å². The van der Waals surface area contributed by atoms with Crippen molar-refractivity contribution in [3.05, 3.63) is 35.9 Å². The minimum atomic E-state index is -0.833. The van der Waals surface area contributed by atoms with Crippen molar-refractivity contribution in [1.29, 1.82) is 0 Å². The van der Waals surface area contributed by atoms with E-state index in [1.807, 2.05) is 18.2 Å². The Labute approximate surface area is 166 Å². The fourth-order valence-electron chi connectivity index (χ4n) is 0.534. The van der Waals surface area contributed by atoms with Gasteiger partial charge in [-0.1, -0.05) is 35.9 Å². The minimum absolute atomic E-state index is 0. The second-order valence-corrected chi connectivity index (χ2v) is 4.34. The van der Waals surface area contributed by atoms with E-state index in [1.54, 1.807) is 20.8 Å². The topological polar surface area (TPSA) is 57.5 Å². The van der Waals surface area contributed by atoms with E-state index in [2.05, 4.69) is 19.1 Å². The largest absolute Gasteiger partial charge is 0 e. The Morgan fingerprint density at radius 2 is 1.33 bits per heavy atom. The summed E-state index contributed by atoms with van der Waals surface area (Å²) in [4.78, 5) is 9.00. The average Bonchev–Trinajstić information content (AvgIpc) is 2.00. The van der Waals surface area contributed by atoms with E-state index in [1.165, 1.54) is 5.56 Å². The van der Waals surface area contributed by atoms with Crippen LogP contribution in [0, 0.1) is 6.92 Å². The van der Waals surface area contributed by atoms with Crippen LogP contribution in [0.1, 0.15) is 33.3 Å². The van der Waals surface area contributed by atoms with Gasteiger partial charge in [0.1, 0.15) is 0 Å². The van der Waals surface area contributed by atoms with E-state index in [9.17, 15) is 0 Å². The first kappa shape index (κ1) is 27.3.